The second-order valence-electron chi connectivity index (χ2n) is 9.29. The summed E-state index contributed by atoms with van der Waals surface area (Å²) >= 11 is 0. The molecule has 4 N–H and O–H groups in total. The smallest absolute Gasteiger partial charge is 0.282 e. The lowest BCUT2D eigenvalue weighted by Crippen LogP contribution is -2.24. The monoisotopic (exact) mass is 516 g/mol. The number of aliphatic hydroxyl groups is 2. The zero-order valence-corrected chi connectivity index (χ0v) is 20.3. The third-order valence-electron chi connectivity index (χ3n) is 6.31. The van der Waals surface area contributed by atoms with Crippen LogP contribution in [0.4, 0.5) is 17.2 Å². The molecule has 0 bridgehead atoms. The van der Waals surface area contributed by atoms with E-state index in [0.29, 0.717) is 16.6 Å². The fraction of sp³-hybridized carbons (Fsp3) is 0.478. The number of nitrogens with two attached hydrogens (primary N) is 1. The topological polar surface area (TPSA) is 202 Å². The average Bonchev–Trinajstić information content (AvgIpc) is 3.41. The number of ether oxygens (including phenoxy) is 2. The lowest BCUT2D eigenvalue weighted by atomic mass is 9.96. The lowest BCUT2D eigenvalue weighted by Gasteiger charge is -2.20. The SMILES string of the molecule is CC(C)CC(OCc1cn([C@H]2C[C@@H](O)[C@@H](CO)O2)c2ncnc(N)c12)c1c([N+](=O)[O-])cccc1[N+](=O)[O-]. The Hall–Kier alpha value is -3.72. The van der Waals surface area contributed by atoms with Crippen LogP contribution in [0.15, 0.2) is 30.7 Å². The molecule has 1 aromatic carbocycles. The van der Waals surface area contributed by atoms with Crippen molar-refractivity contribution in [1.29, 1.82) is 0 Å². The van der Waals surface area contributed by atoms with E-state index in [1.807, 2.05) is 13.8 Å². The Morgan fingerprint density at radius 3 is 2.49 bits per heavy atom. The molecular formula is C23H28N6O8. The summed E-state index contributed by atoms with van der Waals surface area (Å²) in [6, 6.07) is 3.71. The van der Waals surface area contributed by atoms with E-state index < -0.39 is 45.8 Å². The Kier molecular flexibility index (Phi) is 7.63. The molecule has 1 aliphatic heterocycles. The van der Waals surface area contributed by atoms with Crippen LogP contribution in [0.2, 0.25) is 0 Å². The molecule has 198 valence electrons. The first-order valence-electron chi connectivity index (χ1n) is 11.7. The second-order valence-corrected chi connectivity index (χ2v) is 9.29. The van der Waals surface area contributed by atoms with E-state index in [2.05, 4.69) is 9.97 Å². The van der Waals surface area contributed by atoms with Gasteiger partial charge in [0.15, 0.2) is 0 Å². The van der Waals surface area contributed by atoms with Crippen molar-refractivity contribution in [1.82, 2.24) is 14.5 Å². The third-order valence-corrected chi connectivity index (χ3v) is 6.31. The first-order valence-corrected chi connectivity index (χ1v) is 11.7. The van der Waals surface area contributed by atoms with E-state index in [-0.39, 0.29) is 43.4 Å². The van der Waals surface area contributed by atoms with Crippen LogP contribution in [0, 0.1) is 26.1 Å². The molecule has 0 spiro atoms. The quantitative estimate of drug-likeness (QED) is 0.264. The molecule has 0 aliphatic carbocycles. The molecule has 2 aromatic heterocycles. The van der Waals surface area contributed by atoms with E-state index in [9.17, 15) is 30.4 Å². The van der Waals surface area contributed by atoms with Crippen molar-refractivity contribution in [3.8, 4) is 0 Å². The highest BCUT2D eigenvalue weighted by Crippen LogP contribution is 2.40. The highest BCUT2D eigenvalue weighted by Gasteiger charge is 2.36. The van der Waals surface area contributed by atoms with Crippen molar-refractivity contribution in [3.63, 3.8) is 0 Å². The largest absolute Gasteiger partial charge is 0.394 e. The molecule has 0 amide bonds. The van der Waals surface area contributed by atoms with Crippen molar-refractivity contribution in [2.24, 2.45) is 5.92 Å². The van der Waals surface area contributed by atoms with Gasteiger partial charge in [-0.15, -0.1) is 0 Å². The van der Waals surface area contributed by atoms with Crippen molar-refractivity contribution >= 4 is 28.2 Å². The molecule has 3 heterocycles. The van der Waals surface area contributed by atoms with Gasteiger partial charge >= 0.3 is 0 Å². The summed E-state index contributed by atoms with van der Waals surface area (Å²) in [5.41, 5.74) is 6.20. The van der Waals surface area contributed by atoms with Crippen LogP contribution in [-0.2, 0) is 16.1 Å². The molecule has 1 unspecified atom stereocenters. The average molecular weight is 517 g/mol. The van der Waals surface area contributed by atoms with Crippen molar-refractivity contribution < 1.29 is 29.5 Å². The predicted molar refractivity (Wildman–Crippen MR) is 130 cm³/mol. The fourth-order valence-electron chi connectivity index (χ4n) is 4.64. The van der Waals surface area contributed by atoms with Gasteiger partial charge in [0, 0.05) is 30.3 Å². The molecule has 1 fully saturated rings. The van der Waals surface area contributed by atoms with E-state index in [4.69, 9.17) is 15.2 Å². The number of anilines is 1. The normalized spacial score (nSPS) is 20.5. The standard InChI is InChI=1S/C23H28N6O8/c1-12(2)6-17(21-14(28(32)33)4-3-5-15(21)29(34)35)36-10-13-8-27(19-7-16(31)18(9-30)37-19)23-20(13)22(24)25-11-26-23/h3-5,8,11-12,16-19,30-31H,6-7,9-10H2,1-2H3,(H2,24,25,26)/t16-,17?,18-,19-/m1/s1. The highest BCUT2D eigenvalue weighted by molar-refractivity contribution is 5.89. The van der Waals surface area contributed by atoms with Gasteiger partial charge in [0.1, 0.15) is 35.7 Å². The van der Waals surface area contributed by atoms with Gasteiger partial charge in [-0.1, -0.05) is 13.8 Å². The minimum absolute atomic E-state index is 0.00273. The number of fused-ring (bicyclic) bond motifs is 1. The number of benzene rings is 1. The van der Waals surface area contributed by atoms with Crippen LogP contribution in [-0.4, -0.2) is 53.4 Å². The Morgan fingerprint density at radius 2 is 1.92 bits per heavy atom. The molecular weight excluding hydrogens is 488 g/mol. The Morgan fingerprint density at radius 1 is 1.24 bits per heavy atom. The van der Waals surface area contributed by atoms with E-state index in [1.54, 1.807) is 10.8 Å². The molecule has 1 saturated heterocycles. The first kappa shape index (κ1) is 26.3. The number of aromatic nitrogens is 3. The van der Waals surface area contributed by atoms with E-state index in [0.717, 1.165) is 0 Å². The number of hydrogen-bond donors (Lipinski definition) is 3. The molecule has 1 aliphatic rings. The summed E-state index contributed by atoms with van der Waals surface area (Å²) in [5, 5.41) is 43.6. The third kappa shape index (κ3) is 5.22. The number of nitro benzene ring substituents is 2. The minimum atomic E-state index is -0.963. The van der Waals surface area contributed by atoms with Gasteiger partial charge in [-0.3, -0.25) is 20.2 Å². The fourth-order valence-corrected chi connectivity index (χ4v) is 4.64. The molecule has 14 nitrogen and oxygen atoms in total. The molecule has 4 rings (SSSR count). The maximum Gasteiger partial charge on any atom is 0.282 e. The summed E-state index contributed by atoms with van der Waals surface area (Å²) in [6.07, 6.45) is 0.218. The minimum Gasteiger partial charge on any atom is -0.394 e. The number of nitrogen functional groups attached to an aromatic ring is 1. The van der Waals surface area contributed by atoms with Gasteiger partial charge in [0.25, 0.3) is 11.4 Å². The van der Waals surface area contributed by atoms with Gasteiger partial charge in [-0.05, 0) is 18.4 Å². The van der Waals surface area contributed by atoms with Crippen LogP contribution >= 0.6 is 0 Å². The lowest BCUT2D eigenvalue weighted by molar-refractivity contribution is -0.396. The molecule has 0 radical (unpaired) electrons. The van der Waals surface area contributed by atoms with Crippen molar-refractivity contribution in [2.75, 3.05) is 12.3 Å². The summed E-state index contributed by atoms with van der Waals surface area (Å²) in [5.74, 6) is 0.166. The zero-order valence-electron chi connectivity index (χ0n) is 20.3. The van der Waals surface area contributed by atoms with Gasteiger partial charge in [0.2, 0.25) is 0 Å². The number of aliphatic hydroxyl groups excluding tert-OH is 2. The number of nitrogens with zero attached hydrogens (tertiary/aromatic N) is 5. The van der Waals surface area contributed by atoms with Crippen molar-refractivity contribution in [2.45, 2.75) is 57.8 Å². The Bertz CT molecular complexity index is 1280. The highest BCUT2D eigenvalue weighted by atomic mass is 16.6. The summed E-state index contributed by atoms with van der Waals surface area (Å²) in [7, 11) is 0. The van der Waals surface area contributed by atoms with Gasteiger partial charge in [-0.2, -0.15) is 0 Å². The predicted octanol–water partition coefficient (Wildman–Crippen LogP) is 2.77. The van der Waals surface area contributed by atoms with Crippen LogP contribution < -0.4 is 5.73 Å². The number of rotatable bonds is 10. The maximum atomic E-state index is 11.7. The number of hydrogen-bond acceptors (Lipinski definition) is 11. The molecule has 14 heteroatoms. The van der Waals surface area contributed by atoms with Crippen LogP contribution in [0.3, 0.4) is 0 Å². The molecule has 37 heavy (non-hydrogen) atoms. The molecule has 0 saturated carbocycles. The molecule has 4 atom stereocenters. The number of nitro groups is 2. The second kappa shape index (κ2) is 10.7. The Balaban J connectivity index is 1.73. The van der Waals surface area contributed by atoms with Crippen LogP contribution in [0.25, 0.3) is 11.0 Å². The summed E-state index contributed by atoms with van der Waals surface area (Å²) in [6.45, 7) is 3.31. The van der Waals surface area contributed by atoms with E-state index >= 15 is 0 Å². The summed E-state index contributed by atoms with van der Waals surface area (Å²) in [4.78, 5) is 30.5. The maximum absolute atomic E-state index is 11.7. The van der Waals surface area contributed by atoms with Crippen LogP contribution in [0.5, 0.6) is 0 Å². The zero-order chi connectivity index (χ0) is 26.9. The van der Waals surface area contributed by atoms with Gasteiger partial charge < -0.3 is 30.0 Å². The first-order chi connectivity index (χ1) is 17.6. The van der Waals surface area contributed by atoms with Gasteiger partial charge in [0.05, 0.1) is 40.7 Å². The van der Waals surface area contributed by atoms with Crippen LogP contribution in [0.1, 0.15) is 50.1 Å². The summed E-state index contributed by atoms with van der Waals surface area (Å²) < 4.78 is 13.6. The Labute approximate surface area is 210 Å². The van der Waals surface area contributed by atoms with Crippen molar-refractivity contribution in [3.05, 3.63) is 62.1 Å². The van der Waals surface area contributed by atoms with Gasteiger partial charge in [-0.25, -0.2) is 9.97 Å². The van der Waals surface area contributed by atoms with E-state index in [1.165, 1.54) is 24.5 Å². The molecule has 3 aromatic rings.